The zero-order valence-electron chi connectivity index (χ0n) is 19.7. The lowest BCUT2D eigenvalue weighted by atomic mass is 9.91. The van der Waals surface area contributed by atoms with E-state index in [0.29, 0.717) is 19.4 Å². The quantitative estimate of drug-likeness (QED) is 0.706. The summed E-state index contributed by atoms with van der Waals surface area (Å²) in [6, 6.07) is 17.7. The summed E-state index contributed by atoms with van der Waals surface area (Å²) in [6.45, 7) is 5.79. The van der Waals surface area contributed by atoms with Crippen LogP contribution in [0.5, 0.6) is 0 Å². The van der Waals surface area contributed by atoms with Gasteiger partial charge in [0.25, 0.3) is 0 Å². The van der Waals surface area contributed by atoms with Crippen molar-refractivity contribution in [3.05, 3.63) is 71.8 Å². The third-order valence-electron chi connectivity index (χ3n) is 5.68. The lowest BCUT2D eigenvalue weighted by Crippen LogP contribution is -2.55. The summed E-state index contributed by atoms with van der Waals surface area (Å²) >= 11 is 0. The van der Waals surface area contributed by atoms with Gasteiger partial charge in [0.15, 0.2) is 0 Å². The summed E-state index contributed by atoms with van der Waals surface area (Å²) in [6.07, 6.45) is 0.451. The van der Waals surface area contributed by atoms with Crippen LogP contribution in [0.4, 0.5) is 4.79 Å². The Morgan fingerprint density at radius 1 is 1.03 bits per heavy atom. The van der Waals surface area contributed by atoms with E-state index in [1.807, 2.05) is 60.7 Å². The van der Waals surface area contributed by atoms with Crippen LogP contribution < -0.4 is 10.6 Å². The SMILES string of the molecule is CNC(=O)[C@H](Cc1ccccc1)NC(=O)[C@@H]1[C@@H](c2ccccc2)CCN1C(=O)OC(C)(C)C. The Morgan fingerprint density at radius 3 is 2.21 bits per heavy atom. The lowest BCUT2D eigenvalue weighted by molar-refractivity contribution is -0.131. The van der Waals surface area contributed by atoms with Crippen molar-refractivity contribution in [3.8, 4) is 0 Å². The molecule has 0 spiro atoms. The van der Waals surface area contributed by atoms with Crippen molar-refractivity contribution in [1.29, 1.82) is 0 Å². The number of carbonyl (C=O) groups excluding carboxylic acids is 3. The second-order valence-electron chi connectivity index (χ2n) is 9.29. The number of hydrogen-bond acceptors (Lipinski definition) is 4. The van der Waals surface area contributed by atoms with Crippen molar-refractivity contribution in [3.63, 3.8) is 0 Å². The summed E-state index contributed by atoms with van der Waals surface area (Å²) in [5.41, 5.74) is 1.23. The zero-order chi connectivity index (χ0) is 24.0. The molecule has 1 saturated heterocycles. The van der Waals surface area contributed by atoms with E-state index in [0.717, 1.165) is 11.1 Å². The molecule has 3 rings (SSSR count). The third-order valence-corrected chi connectivity index (χ3v) is 5.68. The van der Waals surface area contributed by atoms with Gasteiger partial charge in [0.05, 0.1) is 0 Å². The van der Waals surface area contributed by atoms with Gasteiger partial charge in [0.2, 0.25) is 11.8 Å². The molecular formula is C26H33N3O4. The molecule has 0 saturated carbocycles. The van der Waals surface area contributed by atoms with Crippen molar-refractivity contribution in [2.24, 2.45) is 0 Å². The van der Waals surface area contributed by atoms with Crippen LogP contribution in [0.3, 0.4) is 0 Å². The van der Waals surface area contributed by atoms with Gasteiger partial charge in [0, 0.05) is 25.9 Å². The minimum atomic E-state index is -0.773. The summed E-state index contributed by atoms with van der Waals surface area (Å²) in [4.78, 5) is 40.6. The average Bonchev–Trinajstić information content (AvgIpc) is 3.24. The van der Waals surface area contributed by atoms with E-state index < -0.39 is 23.8 Å². The number of hydrogen-bond donors (Lipinski definition) is 2. The largest absolute Gasteiger partial charge is 0.444 e. The number of amides is 3. The molecule has 2 N–H and O–H groups in total. The molecule has 1 aliphatic rings. The van der Waals surface area contributed by atoms with E-state index in [2.05, 4.69) is 10.6 Å². The summed E-state index contributed by atoms with van der Waals surface area (Å²) in [5.74, 6) is -0.845. The maximum absolute atomic E-state index is 13.6. The highest BCUT2D eigenvalue weighted by Gasteiger charge is 2.44. The van der Waals surface area contributed by atoms with Gasteiger partial charge in [-0.25, -0.2) is 4.79 Å². The maximum atomic E-state index is 13.6. The Kier molecular flexibility index (Phi) is 7.74. The standard InChI is InChI=1S/C26H33N3O4/c1-26(2,3)33-25(32)29-16-15-20(19-13-9-6-10-14-19)22(29)24(31)28-21(23(30)27-4)17-18-11-7-5-8-12-18/h5-14,20-22H,15-17H2,1-4H3,(H,27,30)(H,28,31)/t20-,21+,22+/m1/s1. The van der Waals surface area contributed by atoms with E-state index in [1.165, 1.54) is 4.90 Å². The molecule has 1 heterocycles. The fourth-order valence-electron chi connectivity index (χ4n) is 4.18. The van der Waals surface area contributed by atoms with Crippen LogP contribution in [0.15, 0.2) is 60.7 Å². The van der Waals surface area contributed by atoms with Gasteiger partial charge < -0.3 is 15.4 Å². The molecule has 0 aromatic heterocycles. The predicted molar refractivity (Wildman–Crippen MR) is 127 cm³/mol. The van der Waals surface area contributed by atoms with Crippen molar-refractivity contribution in [2.45, 2.75) is 57.2 Å². The molecule has 1 aliphatic heterocycles. The molecule has 7 nitrogen and oxygen atoms in total. The molecule has 0 radical (unpaired) electrons. The van der Waals surface area contributed by atoms with E-state index in [4.69, 9.17) is 4.74 Å². The number of ether oxygens (including phenoxy) is 1. The summed E-state index contributed by atoms with van der Waals surface area (Å²) in [5, 5.41) is 5.54. The Bertz CT molecular complexity index is 957. The fraction of sp³-hybridized carbons (Fsp3) is 0.423. The lowest BCUT2D eigenvalue weighted by Gasteiger charge is -2.31. The first kappa shape index (κ1) is 24.3. The number of carbonyl (C=O) groups is 3. The van der Waals surface area contributed by atoms with E-state index in [-0.39, 0.29) is 17.7 Å². The molecule has 3 atom stereocenters. The van der Waals surface area contributed by atoms with Crippen LogP contribution in [-0.4, -0.2) is 54.1 Å². The molecule has 7 heteroatoms. The predicted octanol–water partition coefficient (Wildman–Crippen LogP) is 3.25. The monoisotopic (exact) mass is 451 g/mol. The van der Waals surface area contributed by atoms with Gasteiger partial charge in [-0.3, -0.25) is 14.5 Å². The highest BCUT2D eigenvalue weighted by Crippen LogP contribution is 2.34. The van der Waals surface area contributed by atoms with Crippen LogP contribution in [0, 0.1) is 0 Å². The van der Waals surface area contributed by atoms with Crippen LogP contribution in [-0.2, 0) is 20.7 Å². The minimum Gasteiger partial charge on any atom is -0.444 e. The summed E-state index contributed by atoms with van der Waals surface area (Å²) < 4.78 is 5.58. The molecule has 3 amide bonds. The molecule has 2 aromatic carbocycles. The number of rotatable bonds is 6. The Balaban J connectivity index is 1.87. The molecular weight excluding hydrogens is 418 g/mol. The second-order valence-corrected chi connectivity index (χ2v) is 9.29. The minimum absolute atomic E-state index is 0.194. The fourth-order valence-corrected chi connectivity index (χ4v) is 4.18. The van der Waals surface area contributed by atoms with E-state index in [1.54, 1.807) is 27.8 Å². The molecule has 0 aliphatic carbocycles. The van der Waals surface area contributed by atoms with E-state index >= 15 is 0 Å². The highest BCUT2D eigenvalue weighted by atomic mass is 16.6. The van der Waals surface area contributed by atoms with Gasteiger partial charge in [-0.05, 0) is 38.3 Å². The van der Waals surface area contributed by atoms with Gasteiger partial charge in [0.1, 0.15) is 17.7 Å². The number of nitrogens with zero attached hydrogens (tertiary/aromatic N) is 1. The number of likely N-dealkylation sites (N-methyl/N-ethyl adjacent to an activating group) is 1. The summed E-state index contributed by atoms with van der Waals surface area (Å²) in [7, 11) is 1.54. The van der Waals surface area contributed by atoms with Crippen molar-refractivity contribution in [1.82, 2.24) is 15.5 Å². The van der Waals surface area contributed by atoms with Crippen molar-refractivity contribution < 1.29 is 19.1 Å². The van der Waals surface area contributed by atoms with Crippen LogP contribution in [0.1, 0.15) is 44.2 Å². The zero-order valence-corrected chi connectivity index (χ0v) is 19.7. The van der Waals surface area contributed by atoms with Crippen LogP contribution in [0.2, 0.25) is 0 Å². The Hall–Kier alpha value is -3.35. The third kappa shape index (κ3) is 6.34. The van der Waals surface area contributed by atoms with Gasteiger partial charge in [-0.2, -0.15) is 0 Å². The molecule has 0 unspecified atom stereocenters. The first-order valence-electron chi connectivity index (χ1n) is 11.3. The number of benzene rings is 2. The molecule has 2 aromatic rings. The normalized spacial score (nSPS) is 19.0. The molecule has 33 heavy (non-hydrogen) atoms. The topological polar surface area (TPSA) is 87.7 Å². The molecule has 176 valence electrons. The Morgan fingerprint density at radius 2 is 1.64 bits per heavy atom. The highest BCUT2D eigenvalue weighted by molar-refractivity contribution is 5.92. The van der Waals surface area contributed by atoms with Crippen molar-refractivity contribution >= 4 is 17.9 Å². The number of likely N-dealkylation sites (tertiary alicyclic amines) is 1. The molecule has 1 fully saturated rings. The smallest absolute Gasteiger partial charge is 0.410 e. The van der Waals surface area contributed by atoms with Gasteiger partial charge in [-0.1, -0.05) is 60.7 Å². The maximum Gasteiger partial charge on any atom is 0.410 e. The number of nitrogens with one attached hydrogen (secondary N) is 2. The van der Waals surface area contributed by atoms with Gasteiger partial charge >= 0.3 is 6.09 Å². The second kappa shape index (κ2) is 10.5. The first-order chi connectivity index (χ1) is 15.7. The van der Waals surface area contributed by atoms with Gasteiger partial charge in [-0.15, -0.1) is 0 Å². The van der Waals surface area contributed by atoms with Crippen LogP contribution in [0.25, 0.3) is 0 Å². The first-order valence-corrected chi connectivity index (χ1v) is 11.3. The van der Waals surface area contributed by atoms with E-state index in [9.17, 15) is 14.4 Å². The van der Waals surface area contributed by atoms with Crippen LogP contribution >= 0.6 is 0 Å². The van der Waals surface area contributed by atoms with Crippen molar-refractivity contribution in [2.75, 3.05) is 13.6 Å². The average molecular weight is 452 g/mol. The molecule has 0 bridgehead atoms. The Labute approximate surface area is 195 Å².